The SMILES string of the molecule is CSc1c(C(C)(C)CC(=O)O)ccc2c1OCO2. The highest BCUT2D eigenvalue weighted by Crippen LogP contribution is 2.46. The van der Waals surface area contributed by atoms with Crippen LogP contribution in [0.2, 0.25) is 0 Å². The molecule has 4 nitrogen and oxygen atoms in total. The largest absolute Gasteiger partial charge is 0.481 e. The number of aliphatic carboxylic acids is 1. The molecule has 1 aliphatic heterocycles. The van der Waals surface area contributed by atoms with Gasteiger partial charge < -0.3 is 14.6 Å². The van der Waals surface area contributed by atoms with Gasteiger partial charge in [0.25, 0.3) is 0 Å². The van der Waals surface area contributed by atoms with Gasteiger partial charge in [0, 0.05) is 5.41 Å². The van der Waals surface area contributed by atoms with Gasteiger partial charge in [0.15, 0.2) is 11.5 Å². The number of rotatable bonds is 4. The summed E-state index contributed by atoms with van der Waals surface area (Å²) < 4.78 is 10.8. The Kier molecular flexibility index (Phi) is 3.43. The summed E-state index contributed by atoms with van der Waals surface area (Å²) in [6.07, 6.45) is 2.04. The first-order valence-corrected chi connectivity index (χ1v) is 6.87. The van der Waals surface area contributed by atoms with Crippen molar-refractivity contribution in [3.8, 4) is 11.5 Å². The molecule has 1 N–H and O–H groups in total. The minimum atomic E-state index is -0.801. The summed E-state index contributed by atoms with van der Waals surface area (Å²) in [5, 5.41) is 9.00. The van der Waals surface area contributed by atoms with Gasteiger partial charge >= 0.3 is 5.97 Å². The number of carboxylic acids is 1. The molecule has 0 aliphatic carbocycles. The zero-order valence-electron chi connectivity index (χ0n) is 10.6. The maximum Gasteiger partial charge on any atom is 0.304 e. The molecule has 1 aromatic carbocycles. The average molecular weight is 268 g/mol. The summed E-state index contributed by atoms with van der Waals surface area (Å²) in [6.45, 7) is 4.09. The van der Waals surface area contributed by atoms with E-state index in [9.17, 15) is 4.79 Å². The molecular weight excluding hydrogens is 252 g/mol. The highest BCUT2D eigenvalue weighted by atomic mass is 32.2. The van der Waals surface area contributed by atoms with Gasteiger partial charge in [0.05, 0.1) is 11.3 Å². The van der Waals surface area contributed by atoms with Crippen molar-refractivity contribution < 1.29 is 19.4 Å². The molecule has 1 aliphatic rings. The molecule has 2 rings (SSSR count). The molecule has 1 heterocycles. The zero-order chi connectivity index (χ0) is 13.3. The Bertz CT molecular complexity index is 482. The van der Waals surface area contributed by atoms with E-state index in [4.69, 9.17) is 14.6 Å². The van der Waals surface area contributed by atoms with Crippen LogP contribution < -0.4 is 9.47 Å². The Balaban J connectivity index is 2.48. The van der Waals surface area contributed by atoms with E-state index in [1.165, 1.54) is 0 Å². The Morgan fingerprint density at radius 2 is 2.17 bits per heavy atom. The van der Waals surface area contributed by atoms with Crippen LogP contribution in [0.4, 0.5) is 0 Å². The summed E-state index contributed by atoms with van der Waals surface area (Å²) in [6, 6.07) is 3.78. The topological polar surface area (TPSA) is 55.8 Å². The lowest BCUT2D eigenvalue weighted by Crippen LogP contribution is -2.22. The second-order valence-corrected chi connectivity index (χ2v) is 5.65. The summed E-state index contributed by atoms with van der Waals surface area (Å²) in [4.78, 5) is 11.9. The monoisotopic (exact) mass is 268 g/mol. The third-order valence-electron chi connectivity index (χ3n) is 3.02. The molecule has 0 unspecified atom stereocenters. The average Bonchev–Trinajstić information content (AvgIpc) is 2.73. The summed E-state index contributed by atoms with van der Waals surface area (Å²) in [7, 11) is 0. The van der Waals surface area contributed by atoms with E-state index in [1.54, 1.807) is 11.8 Å². The molecule has 0 spiro atoms. The van der Waals surface area contributed by atoms with Crippen molar-refractivity contribution in [1.29, 1.82) is 0 Å². The summed E-state index contributed by atoms with van der Waals surface area (Å²) >= 11 is 1.56. The van der Waals surface area contributed by atoms with Crippen molar-refractivity contribution in [1.82, 2.24) is 0 Å². The van der Waals surface area contributed by atoms with Gasteiger partial charge in [0.1, 0.15) is 0 Å². The summed E-state index contributed by atoms with van der Waals surface area (Å²) in [5.41, 5.74) is 0.548. The third kappa shape index (κ3) is 2.27. The number of hydrogen-bond donors (Lipinski definition) is 1. The molecule has 0 saturated carbocycles. The fraction of sp³-hybridized carbons (Fsp3) is 0.462. The second-order valence-electron chi connectivity index (χ2n) is 4.83. The fourth-order valence-electron chi connectivity index (χ4n) is 2.16. The quantitative estimate of drug-likeness (QED) is 0.851. The van der Waals surface area contributed by atoms with Crippen LogP contribution in [0.1, 0.15) is 25.8 Å². The molecule has 0 fully saturated rings. The molecule has 0 bridgehead atoms. The number of fused-ring (bicyclic) bond motifs is 1. The zero-order valence-corrected chi connectivity index (χ0v) is 11.5. The molecule has 5 heteroatoms. The Hall–Kier alpha value is -1.36. The first-order valence-electron chi connectivity index (χ1n) is 5.64. The number of carboxylic acid groups (broad SMARTS) is 1. The smallest absolute Gasteiger partial charge is 0.304 e. The van der Waals surface area contributed by atoms with Crippen LogP contribution in [0, 0.1) is 0 Å². The van der Waals surface area contributed by atoms with Gasteiger partial charge in [-0.15, -0.1) is 11.8 Å². The predicted octanol–water partition coefficient (Wildman–Crippen LogP) is 2.89. The van der Waals surface area contributed by atoms with Crippen LogP contribution in [0.15, 0.2) is 17.0 Å². The minimum absolute atomic E-state index is 0.0835. The number of benzene rings is 1. The normalized spacial score (nSPS) is 13.7. The number of carbonyl (C=O) groups is 1. The molecule has 0 amide bonds. The van der Waals surface area contributed by atoms with Crippen molar-refractivity contribution in [2.24, 2.45) is 0 Å². The fourth-order valence-corrected chi connectivity index (χ4v) is 3.06. The number of hydrogen-bond acceptors (Lipinski definition) is 4. The van der Waals surface area contributed by atoms with Crippen LogP contribution >= 0.6 is 11.8 Å². The molecule has 0 aromatic heterocycles. The number of ether oxygens (including phenoxy) is 2. The van der Waals surface area contributed by atoms with Crippen LogP contribution in [0.5, 0.6) is 11.5 Å². The van der Waals surface area contributed by atoms with Gasteiger partial charge in [0.2, 0.25) is 6.79 Å². The predicted molar refractivity (Wildman–Crippen MR) is 69.6 cm³/mol. The minimum Gasteiger partial charge on any atom is -0.481 e. The molecule has 18 heavy (non-hydrogen) atoms. The van der Waals surface area contributed by atoms with E-state index >= 15 is 0 Å². The van der Waals surface area contributed by atoms with E-state index in [0.29, 0.717) is 0 Å². The van der Waals surface area contributed by atoms with E-state index in [-0.39, 0.29) is 13.2 Å². The van der Waals surface area contributed by atoms with E-state index < -0.39 is 11.4 Å². The number of thioether (sulfide) groups is 1. The second kappa shape index (κ2) is 4.72. The Morgan fingerprint density at radius 3 is 2.78 bits per heavy atom. The van der Waals surface area contributed by atoms with Crippen LogP contribution in [-0.4, -0.2) is 24.1 Å². The maximum atomic E-state index is 11.0. The molecule has 1 aromatic rings. The molecule has 0 saturated heterocycles. The maximum absolute atomic E-state index is 11.0. The Labute approximate surface area is 110 Å². The first-order chi connectivity index (χ1) is 8.45. The first kappa shape index (κ1) is 13.1. The molecule has 0 atom stereocenters. The standard InChI is InChI=1S/C13H16O4S/c1-13(2,6-10(14)15)8-4-5-9-11(12(8)18-3)17-7-16-9/h4-5H,6-7H2,1-3H3,(H,14,15). The van der Waals surface area contributed by atoms with Gasteiger partial charge in [-0.05, 0) is 17.9 Å². The molecule has 0 radical (unpaired) electrons. The Morgan fingerprint density at radius 1 is 1.44 bits per heavy atom. The van der Waals surface area contributed by atoms with E-state index in [1.807, 2.05) is 32.2 Å². The molecule has 98 valence electrons. The highest BCUT2D eigenvalue weighted by Gasteiger charge is 2.30. The van der Waals surface area contributed by atoms with Crippen LogP contribution in [0.3, 0.4) is 0 Å². The van der Waals surface area contributed by atoms with Crippen molar-refractivity contribution in [3.63, 3.8) is 0 Å². The van der Waals surface area contributed by atoms with Crippen molar-refractivity contribution in [3.05, 3.63) is 17.7 Å². The third-order valence-corrected chi connectivity index (χ3v) is 3.83. The van der Waals surface area contributed by atoms with Gasteiger partial charge in [-0.25, -0.2) is 0 Å². The van der Waals surface area contributed by atoms with Crippen LogP contribution in [-0.2, 0) is 10.2 Å². The summed E-state index contributed by atoms with van der Waals surface area (Å²) in [5.74, 6) is 0.664. The van der Waals surface area contributed by atoms with Gasteiger partial charge in [-0.2, -0.15) is 0 Å². The lowest BCUT2D eigenvalue weighted by molar-refractivity contribution is -0.138. The lowest BCUT2D eigenvalue weighted by atomic mass is 9.81. The van der Waals surface area contributed by atoms with Crippen molar-refractivity contribution >= 4 is 17.7 Å². The highest BCUT2D eigenvalue weighted by molar-refractivity contribution is 7.98. The van der Waals surface area contributed by atoms with Gasteiger partial charge in [-0.1, -0.05) is 19.9 Å². The van der Waals surface area contributed by atoms with Gasteiger partial charge in [-0.3, -0.25) is 4.79 Å². The van der Waals surface area contributed by atoms with Crippen molar-refractivity contribution in [2.45, 2.75) is 30.6 Å². The van der Waals surface area contributed by atoms with Crippen molar-refractivity contribution in [2.75, 3.05) is 13.0 Å². The van der Waals surface area contributed by atoms with E-state index in [2.05, 4.69) is 0 Å². The van der Waals surface area contributed by atoms with E-state index in [0.717, 1.165) is 22.0 Å². The lowest BCUT2D eigenvalue weighted by Gasteiger charge is -2.26. The van der Waals surface area contributed by atoms with Crippen LogP contribution in [0.25, 0.3) is 0 Å². The molecular formula is C13H16O4S.